The number of fused-ring (bicyclic) bond motifs is 9. The van der Waals surface area contributed by atoms with Crippen LogP contribution in [0, 0.1) is 0 Å². The topological polar surface area (TPSA) is 16.4 Å². The molecule has 12 rings (SSSR count). The Hall–Kier alpha value is -7.20. The molecule has 0 unspecified atom stereocenters. The van der Waals surface area contributed by atoms with Crippen LogP contribution in [0.4, 0.5) is 17.1 Å². The van der Waals surface area contributed by atoms with Gasteiger partial charge in [0.05, 0.1) is 0 Å². The van der Waals surface area contributed by atoms with E-state index < -0.39 is 0 Å². The van der Waals surface area contributed by atoms with Crippen molar-refractivity contribution in [3.05, 3.63) is 211 Å². The standard InChI is InChI=1S/C57H39NOS/c1-57(2)51-32-25-38(33-50(51)45-30-24-40(34-52(45)57)44-15-10-16-49-46-13-6-8-17-53(46)59-56(44)49)36-19-26-42(27-20-36)58(41-11-4-3-5-12-41)43-28-21-37(22-29-43)39-23-31-48-47-14-7-9-18-54(47)60-55(48)35-39/h3-35H,1-2H3. The van der Waals surface area contributed by atoms with E-state index in [9.17, 15) is 0 Å². The Balaban J connectivity index is 0.864. The molecule has 0 radical (unpaired) electrons. The maximum absolute atomic E-state index is 6.45. The Labute approximate surface area is 353 Å². The smallest absolute Gasteiger partial charge is 0.143 e. The van der Waals surface area contributed by atoms with E-state index >= 15 is 0 Å². The normalized spacial score (nSPS) is 13.0. The van der Waals surface area contributed by atoms with Gasteiger partial charge in [0.25, 0.3) is 0 Å². The first-order chi connectivity index (χ1) is 29.5. The summed E-state index contributed by atoms with van der Waals surface area (Å²) in [5, 5.41) is 4.97. The number of benzene rings is 9. The molecule has 0 N–H and O–H groups in total. The number of thiophene rings is 1. The zero-order valence-corrected chi connectivity index (χ0v) is 34.1. The van der Waals surface area contributed by atoms with E-state index in [0.29, 0.717) is 0 Å². The van der Waals surface area contributed by atoms with Gasteiger partial charge in [0.15, 0.2) is 0 Å². The van der Waals surface area contributed by atoms with Gasteiger partial charge in [-0.05, 0) is 117 Å². The summed E-state index contributed by atoms with van der Waals surface area (Å²) in [6.45, 7) is 4.71. The molecule has 11 aromatic rings. The van der Waals surface area contributed by atoms with Crippen LogP contribution in [0.3, 0.4) is 0 Å². The number of furan rings is 1. The van der Waals surface area contributed by atoms with Gasteiger partial charge in [0, 0.05) is 59.0 Å². The van der Waals surface area contributed by atoms with Crippen molar-refractivity contribution in [3.8, 4) is 44.5 Å². The molecule has 0 fully saturated rings. The molecule has 0 bridgehead atoms. The molecule has 0 atom stereocenters. The highest BCUT2D eigenvalue weighted by Gasteiger charge is 2.36. The molecule has 284 valence electrons. The summed E-state index contributed by atoms with van der Waals surface area (Å²) in [5.41, 5.74) is 17.6. The van der Waals surface area contributed by atoms with Gasteiger partial charge < -0.3 is 9.32 Å². The van der Waals surface area contributed by atoms with Crippen molar-refractivity contribution in [3.63, 3.8) is 0 Å². The molecule has 0 saturated carbocycles. The van der Waals surface area contributed by atoms with Crippen molar-refractivity contribution in [2.75, 3.05) is 4.90 Å². The fourth-order valence-electron chi connectivity index (χ4n) is 9.61. The minimum atomic E-state index is -0.137. The highest BCUT2D eigenvalue weighted by Crippen LogP contribution is 2.51. The second-order valence-corrected chi connectivity index (χ2v) is 17.6. The maximum Gasteiger partial charge on any atom is 0.143 e. The SMILES string of the molecule is CC1(C)c2ccc(-c3ccc(N(c4ccccc4)c4ccc(-c5ccc6c(c5)sc5ccccc56)cc4)cc3)cc2-c2ccc(-c3cccc4c3oc3ccccc34)cc21. The third-order valence-electron chi connectivity index (χ3n) is 12.7. The first-order valence-electron chi connectivity index (χ1n) is 20.7. The van der Waals surface area contributed by atoms with Crippen molar-refractivity contribution >= 4 is 70.5 Å². The highest BCUT2D eigenvalue weighted by atomic mass is 32.1. The summed E-state index contributed by atoms with van der Waals surface area (Å²) in [6.07, 6.45) is 0. The lowest BCUT2D eigenvalue weighted by atomic mass is 9.81. The lowest BCUT2D eigenvalue weighted by Gasteiger charge is -2.26. The van der Waals surface area contributed by atoms with Crippen LogP contribution in [0.1, 0.15) is 25.0 Å². The summed E-state index contributed by atoms with van der Waals surface area (Å²) in [5.74, 6) is 0. The predicted molar refractivity (Wildman–Crippen MR) is 255 cm³/mol. The van der Waals surface area contributed by atoms with Crippen LogP contribution in [0.25, 0.3) is 86.6 Å². The number of anilines is 3. The van der Waals surface area contributed by atoms with Crippen LogP contribution in [0.15, 0.2) is 205 Å². The molecule has 0 saturated heterocycles. The number of rotatable bonds is 6. The van der Waals surface area contributed by atoms with Gasteiger partial charge in [-0.2, -0.15) is 0 Å². The largest absolute Gasteiger partial charge is 0.455 e. The molecule has 2 nitrogen and oxygen atoms in total. The lowest BCUT2D eigenvalue weighted by molar-refractivity contribution is 0.660. The van der Waals surface area contributed by atoms with E-state index in [1.54, 1.807) is 0 Å². The van der Waals surface area contributed by atoms with Crippen molar-refractivity contribution < 1.29 is 4.42 Å². The van der Waals surface area contributed by atoms with Crippen molar-refractivity contribution in [2.45, 2.75) is 19.3 Å². The fourth-order valence-corrected chi connectivity index (χ4v) is 10.8. The number of para-hydroxylation sites is 3. The van der Waals surface area contributed by atoms with Crippen molar-refractivity contribution in [2.24, 2.45) is 0 Å². The molecule has 0 amide bonds. The van der Waals surface area contributed by atoms with Crippen molar-refractivity contribution in [1.29, 1.82) is 0 Å². The average Bonchev–Trinajstić information content (AvgIpc) is 3.94. The third kappa shape index (κ3) is 5.47. The van der Waals surface area contributed by atoms with Gasteiger partial charge in [-0.1, -0.05) is 147 Å². The summed E-state index contributed by atoms with van der Waals surface area (Å²) in [6, 6.07) is 73.0. The first-order valence-corrected chi connectivity index (χ1v) is 21.5. The molecule has 1 aliphatic rings. The van der Waals surface area contributed by atoms with Gasteiger partial charge in [-0.15, -0.1) is 11.3 Å². The zero-order valence-electron chi connectivity index (χ0n) is 33.3. The number of hydrogen-bond acceptors (Lipinski definition) is 3. The van der Waals surface area contributed by atoms with Gasteiger partial charge >= 0.3 is 0 Å². The molecular formula is C57H39NOS. The maximum atomic E-state index is 6.45. The Morgan fingerprint density at radius 2 is 0.983 bits per heavy atom. The van der Waals surface area contributed by atoms with Crippen LogP contribution in [0.5, 0.6) is 0 Å². The van der Waals surface area contributed by atoms with Gasteiger partial charge in [0.2, 0.25) is 0 Å². The van der Waals surface area contributed by atoms with E-state index in [-0.39, 0.29) is 5.41 Å². The van der Waals surface area contributed by atoms with Crippen LogP contribution in [-0.2, 0) is 5.41 Å². The molecule has 3 heteroatoms. The average molecular weight is 786 g/mol. The molecule has 9 aromatic carbocycles. The zero-order chi connectivity index (χ0) is 40.0. The molecule has 1 aliphatic carbocycles. The molecule has 0 spiro atoms. The van der Waals surface area contributed by atoms with Crippen LogP contribution < -0.4 is 4.90 Å². The highest BCUT2D eigenvalue weighted by molar-refractivity contribution is 7.25. The van der Waals surface area contributed by atoms with Gasteiger partial charge in [-0.3, -0.25) is 0 Å². The Kier molecular flexibility index (Phi) is 7.79. The second kappa shape index (κ2) is 13.4. The van der Waals surface area contributed by atoms with E-state index in [2.05, 4.69) is 213 Å². The second-order valence-electron chi connectivity index (χ2n) is 16.5. The molecule has 2 aromatic heterocycles. The third-order valence-corrected chi connectivity index (χ3v) is 13.8. The van der Waals surface area contributed by atoms with Crippen LogP contribution >= 0.6 is 11.3 Å². The summed E-state index contributed by atoms with van der Waals surface area (Å²) in [7, 11) is 0. The van der Waals surface area contributed by atoms with Crippen LogP contribution in [-0.4, -0.2) is 0 Å². The first kappa shape index (κ1) is 34.8. The minimum Gasteiger partial charge on any atom is -0.455 e. The molecule has 0 aliphatic heterocycles. The number of nitrogens with zero attached hydrogens (tertiary/aromatic N) is 1. The molecular weight excluding hydrogens is 747 g/mol. The summed E-state index contributed by atoms with van der Waals surface area (Å²) in [4.78, 5) is 2.34. The number of hydrogen-bond donors (Lipinski definition) is 0. The Bertz CT molecular complexity index is 3440. The quantitative estimate of drug-likeness (QED) is 0.167. The van der Waals surface area contributed by atoms with Gasteiger partial charge in [-0.25, -0.2) is 0 Å². The summed E-state index contributed by atoms with van der Waals surface area (Å²) < 4.78 is 9.10. The Morgan fingerprint density at radius 3 is 1.77 bits per heavy atom. The Morgan fingerprint density at radius 1 is 0.383 bits per heavy atom. The summed E-state index contributed by atoms with van der Waals surface area (Å²) >= 11 is 1.86. The lowest BCUT2D eigenvalue weighted by Crippen LogP contribution is -2.15. The van der Waals surface area contributed by atoms with Crippen LogP contribution in [0.2, 0.25) is 0 Å². The van der Waals surface area contributed by atoms with E-state index in [1.807, 2.05) is 17.4 Å². The molecule has 60 heavy (non-hydrogen) atoms. The fraction of sp³-hybridized carbons (Fsp3) is 0.0526. The van der Waals surface area contributed by atoms with E-state index in [0.717, 1.165) is 44.6 Å². The van der Waals surface area contributed by atoms with E-state index in [1.165, 1.54) is 70.2 Å². The molecule has 2 heterocycles. The predicted octanol–water partition coefficient (Wildman–Crippen LogP) is 16.7. The van der Waals surface area contributed by atoms with Gasteiger partial charge in [0.1, 0.15) is 11.2 Å². The van der Waals surface area contributed by atoms with Crippen molar-refractivity contribution in [1.82, 2.24) is 0 Å². The minimum absolute atomic E-state index is 0.137. The monoisotopic (exact) mass is 785 g/mol. The van der Waals surface area contributed by atoms with E-state index in [4.69, 9.17) is 4.42 Å².